The summed E-state index contributed by atoms with van der Waals surface area (Å²) in [6, 6.07) is 4.10. The monoisotopic (exact) mass is 317 g/mol. The quantitative estimate of drug-likeness (QED) is 0.565. The number of hydrogen-bond acceptors (Lipinski definition) is 6. The minimum atomic E-state index is -0.0449. The summed E-state index contributed by atoms with van der Waals surface area (Å²) in [5, 5.41) is 2.04. The molecule has 0 spiro atoms. The van der Waals surface area contributed by atoms with Gasteiger partial charge >= 0.3 is 0 Å². The molecule has 2 N–H and O–H groups in total. The molecule has 0 saturated carbocycles. The van der Waals surface area contributed by atoms with Gasteiger partial charge in [-0.15, -0.1) is 11.3 Å². The van der Waals surface area contributed by atoms with Crippen molar-refractivity contribution in [1.29, 1.82) is 0 Å². The Labute approximate surface area is 131 Å². The average molecular weight is 317 g/mol. The van der Waals surface area contributed by atoms with Gasteiger partial charge in [0.15, 0.2) is 0 Å². The van der Waals surface area contributed by atoms with E-state index in [1.54, 1.807) is 18.4 Å². The molecular weight excluding hydrogens is 290 g/mol. The van der Waals surface area contributed by atoms with Crippen LogP contribution in [0.1, 0.15) is 24.3 Å². The average Bonchev–Trinajstić information content (AvgIpc) is 3.02. The molecule has 1 aromatic heterocycles. The van der Waals surface area contributed by atoms with Crippen molar-refractivity contribution >= 4 is 11.3 Å². The normalized spacial score (nSPS) is 14.2. The first kappa shape index (κ1) is 18.5. The van der Waals surface area contributed by atoms with Crippen LogP contribution in [-0.4, -0.2) is 52.8 Å². The molecule has 0 aromatic carbocycles. The molecule has 0 fully saturated rings. The highest BCUT2D eigenvalue weighted by molar-refractivity contribution is 7.10. The van der Waals surface area contributed by atoms with E-state index in [1.807, 2.05) is 11.4 Å². The van der Waals surface area contributed by atoms with Crippen LogP contribution >= 0.6 is 11.3 Å². The van der Waals surface area contributed by atoms with Crippen molar-refractivity contribution in [3.8, 4) is 0 Å². The first-order valence-electron chi connectivity index (χ1n) is 7.34. The zero-order valence-electron chi connectivity index (χ0n) is 13.0. The number of nitrogens with two attached hydrogens (primary N) is 1. The number of hydrogen-bond donors (Lipinski definition) is 1. The first-order chi connectivity index (χ1) is 10.3. The fourth-order valence-corrected chi connectivity index (χ4v) is 2.63. The summed E-state index contributed by atoms with van der Waals surface area (Å²) < 4.78 is 21.5. The summed E-state index contributed by atoms with van der Waals surface area (Å²) in [6.45, 7) is 5.51. The Balaban J connectivity index is 2.11. The van der Waals surface area contributed by atoms with Gasteiger partial charge in [0.05, 0.1) is 39.6 Å². The lowest BCUT2D eigenvalue weighted by molar-refractivity contribution is -0.0230. The maximum atomic E-state index is 6.13. The van der Waals surface area contributed by atoms with E-state index in [1.165, 1.54) is 4.88 Å². The molecule has 1 rings (SSSR count). The maximum absolute atomic E-state index is 6.13. The number of methoxy groups -OCH3 is 1. The topological polar surface area (TPSA) is 62.9 Å². The summed E-state index contributed by atoms with van der Waals surface area (Å²) in [6.07, 6.45) is 0.841. The SMILES string of the molecule is CCC(N)C(OCCOCCOCCOC)c1cccs1. The van der Waals surface area contributed by atoms with Crippen molar-refractivity contribution in [3.05, 3.63) is 22.4 Å². The molecule has 1 aromatic rings. The zero-order chi connectivity index (χ0) is 15.3. The minimum Gasteiger partial charge on any atom is -0.382 e. The Morgan fingerprint density at radius 1 is 1.10 bits per heavy atom. The molecule has 1 heterocycles. The van der Waals surface area contributed by atoms with Crippen LogP contribution in [0.25, 0.3) is 0 Å². The van der Waals surface area contributed by atoms with Crippen LogP contribution in [0.4, 0.5) is 0 Å². The van der Waals surface area contributed by atoms with Crippen LogP contribution in [0.2, 0.25) is 0 Å². The second-order valence-electron chi connectivity index (χ2n) is 4.60. The van der Waals surface area contributed by atoms with Crippen molar-refractivity contribution in [2.45, 2.75) is 25.5 Å². The summed E-state index contributed by atoms with van der Waals surface area (Å²) >= 11 is 1.68. The Bertz CT molecular complexity index is 334. The molecule has 2 atom stereocenters. The van der Waals surface area contributed by atoms with Crippen molar-refractivity contribution in [2.24, 2.45) is 5.73 Å². The number of ether oxygens (including phenoxy) is 4. The van der Waals surface area contributed by atoms with Crippen molar-refractivity contribution < 1.29 is 18.9 Å². The molecule has 122 valence electrons. The van der Waals surface area contributed by atoms with E-state index >= 15 is 0 Å². The second kappa shape index (κ2) is 12.1. The van der Waals surface area contributed by atoms with Gasteiger partial charge in [0.1, 0.15) is 6.10 Å². The van der Waals surface area contributed by atoms with Gasteiger partial charge in [-0.2, -0.15) is 0 Å². The lowest BCUT2D eigenvalue weighted by Crippen LogP contribution is -2.30. The maximum Gasteiger partial charge on any atom is 0.107 e. The molecule has 0 aliphatic rings. The molecule has 2 unspecified atom stereocenters. The van der Waals surface area contributed by atoms with Gasteiger partial charge in [0.2, 0.25) is 0 Å². The summed E-state index contributed by atoms with van der Waals surface area (Å²) in [5.41, 5.74) is 6.13. The third kappa shape index (κ3) is 7.90. The largest absolute Gasteiger partial charge is 0.382 e. The molecule has 21 heavy (non-hydrogen) atoms. The lowest BCUT2D eigenvalue weighted by atomic mass is 10.1. The molecule has 6 heteroatoms. The molecule has 0 saturated heterocycles. The number of rotatable bonds is 13. The first-order valence-corrected chi connectivity index (χ1v) is 8.22. The summed E-state index contributed by atoms with van der Waals surface area (Å²) in [5.74, 6) is 0. The van der Waals surface area contributed by atoms with Crippen molar-refractivity contribution in [1.82, 2.24) is 0 Å². The molecule has 0 bridgehead atoms. The summed E-state index contributed by atoms with van der Waals surface area (Å²) in [7, 11) is 1.65. The van der Waals surface area contributed by atoms with Crippen molar-refractivity contribution in [3.63, 3.8) is 0 Å². The van der Waals surface area contributed by atoms with E-state index in [2.05, 4.69) is 13.0 Å². The third-order valence-electron chi connectivity index (χ3n) is 3.01. The van der Waals surface area contributed by atoms with Crippen molar-refractivity contribution in [2.75, 3.05) is 46.8 Å². The fourth-order valence-electron chi connectivity index (χ4n) is 1.78. The third-order valence-corrected chi connectivity index (χ3v) is 3.95. The Morgan fingerprint density at radius 2 is 1.76 bits per heavy atom. The highest BCUT2D eigenvalue weighted by atomic mass is 32.1. The van der Waals surface area contributed by atoms with E-state index in [0.717, 1.165) is 6.42 Å². The Morgan fingerprint density at radius 3 is 2.33 bits per heavy atom. The van der Waals surface area contributed by atoms with Crippen LogP contribution in [0.15, 0.2) is 17.5 Å². The Hall–Kier alpha value is -0.500. The molecular formula is C15H27NO4S. The van der Waals surface area contributed by atoms with E-state index < -0.39 is 0 Å². The zero-order valence-corrected chi connectivity index (χ0v) is 13.8. The van der Waals surface area contributed by atoms with Crippen LogP contribution in [0.3, 0.4) is 0 Å². The molecule has 5 nitrogen and oxygen atoms in total. The van der Waals surface area contributed by atoms with Gasteiger partial charge in [0.25, 0.3) is 0 Å². The smallest absolute Gasteiger partial charge is 0.107 e. The van der Waals surface area contributed by atoms with E-state index in [-0.39, 0.29) is 12.1 Å². The predicted octanol–water partition coefficient (Wildman–Crippen LogP) is 2.22. The molecule has 0 aliphatic heterocycles. The van der Waals surface area contributed by atoms with E-state index in [4.69, 9.17) is 24.7 Å². The number of thiophene rings is 1. The summed E-state index contributed by atoms with van der Waals surface area (Å²) in [4.78, 5) is 1.17. The van der Waals surface area contributed by atoms with E-state index in [9.17, 15) is 0 Å². The highest BCUT2D eigenvalue weighted by Gasteiger charge is 2.19. The molecule has 0 aliphatic carbocycles. The molecule has 0 radical (unpaired) electrons. The van der Waals surface area contributed by atoms with Gasteiger partial charge in [-0.1, -0.05) is 13.0 Å². The van der Waals surface area contributed by atoms with Gasteiger partial charge in [-0.25, -0.2) is 0 Å². The van der Waals surface area contributed by atoms with Gasteiger partial charge in [-0.3, -0.25) is 0 Å². The van der Waals surface area contributed by atoms with Crippen LogP contribution in [-0.2, 0) is 18.9 Å². The van der Waals surface area contributed by atoms with Gasteiger partial charge < -0.3 is 24.7 Å². The van der Waals surface area contributed by atoms with E-state index in [0.29, 0.717) is 39.6 Å². The van der Waals surface area contributed by atoms with Crippen LogP contribution in [0.5, 0.6) is 0 Å². The predicted molar refractivity (Wildman–Crippen MR) is 84.8 cm³/mol. The fraction of sp³-hybridized carbons (Fsp3) is 0.733. The Kier molecular flexibility index (Phi) is 10.7. The van der Waals surface area contributed by atoms with Crippen LogP contribution in [0, 0.1) is 0 Å². The second-order valence-corrected chi connectivity index (χ2v) is 5.58. The molecule has 0 amide bonds. The minimum absolute atomic E-state index is 0.0148. The highest BCUT2D eigenvalue weighted by Crippen LogP contribution is 2.26. The van der Waals surface area contributed by atoms with Gasteiger partial charge in [0, 0.05) is 18.0 Å². The lowest BCUT2D eigenvalue weighted by Gasteiger charge is -2.22. The standard InChI is InChI=1S/C15H27NO4S/c1-3-13(16)15(14-5-4-12-21-14)20-11-10-19-9-8-18-7-6-17-2/h4-5,12-13,15H,3,6-11,16H2,1-2H3. The van der Waals surface area contributed by atoms with Crippen LogP contribution < -0.4 is 5.73 Å². The van der Waals surface area contributed by atoms with Gasteiger partial charge in [-0.05, 0) is 17.9 Å².